The van der Waals surface area contributed by atoms with Crippen molar-refractivity contribution in [3.05, 3.63) is 0 Å². The second-order valence-corrected chi connectivity index (χ2v) is 22.7. The molecule has 1 unspecified atom stereocenters. The Morgan fingerprint density at radius 3 is 1.12 bits per heavy atom. The fourth-order valence-corrected chi connectivity index (χ4v) is 10.8. The lowest BCUT2D eigenvalue weighted by molar-refractivity contribution is -0.144. The first kappa shape index (κ1) is 73.6. The number of carboxylic acid groups (broad SMARTS) is 6. The molecule has 0 aromatic heterocycles. The van der Waals surface area contributed by atoms with Gasteiger partial charge >= 0.3 is 35.8 Å². The van der Waals surface area contributed by atoms with Crippen molar-refractivity contribution in [1.29, 1.82) is 0 Å². The van der Waals surface area contributed by atoms with Gasteiger partial charge in [0.25, 0.3) is 0 Å². The number of rotatable bonds is 46. The smallest absolute Gasteiger partial charge is 0.326 e. The van der Waals surface area contributed by atoms with Gasteiger partial charge in [-0.2, -0.15) is 0 Å². The van der Waals surface area contributed by atoms with Gasteiger partial charge in [-0.3, -0.25) is 58.6 Å². The van der Waals surface area contributed by atoms with Crippen LogP contribution in [0, 0.1) is 0 Å². The highest BCUT2D eigenvalue weighted by atomic mass is 33.1. The van der Waals surface area contributed by atoms with Crippen LogP contribution in [0.3, 0.4) is 0 Å². The summed E-state index contributed by atoms with van der Waals surface area (Å²) in [5, 5.41) is 73.8. The lowest BCUT2D eigenvalue weighted by Gasteiger charge is -2.23. The van der Waals surface area contributed by atoms with Crippen molar-refractivity contribution in [2.75, 3.05) is 18.1 Å². The number of hydrogen-bond donors (Lipinski definition) is 14. The summed E-state index contributed by atoms with van der Waals surface area (Å²) in [5.74, 6) is -13.9. The quantitative estimate of drug-likeness (QED) is 0.0302. The van der Waals surface area contributed by atoms with Crippen molar-refractivity contribution in [3.8, 4) is 0 Å². The summed E-state index contributed by atoms with van der Waals surface area (Å²) < 4.78 is 0. The molecule has 0 aromatic rings. The van der Waals surface area contributed by atoms with E-state index < -0.39 is 183 Å². The number of hydrogen-bond acceptors (Lipinski definition) is 18. The molecule has 15 N–H and O–H groups in total. The molecule has 6 amide bonds. The summed E-state index contributed by atoms with van der Waals surface area (Å²) in [5.41, 5.74) is 5.26. The summed E-state index contributed by atoms with van der Waals surface area (Å²) in [6.45, 7) is 1.01. The van der Waals surface area contributed by atoms with Crippen molar-refractivity contribution < 1.29 is 97.8 Å². The Balaban J connectivity index is 2.57. The topological polar surface area (TPSA) is 471 Å². The Kier molecular flexibility index (Phi) is 38.1. The molecule has 28 nitrogen and oxygen atoms in total. The molecular weight excluding hydrogens is 1120 g/mol. The number of ketones is 2. The van der Waals surface area contributed by atoms with Crippen LogP contribution in [0.2, 0.25) is 0 Å². The van der Waals surface area contributed by atoms with E-state index in [1.54, 1.807) is 0 Å². The first-order valence-electron chi connectivity index (χ1n) is 27.7. The number of nitrogens with one attached hydrogen (secondary N) is 7. The molecule has 1 fully saturated rings. The normalized spacial score (nSPS) is 17.1. The summed E-state index contributed by atoms with van der Waals surface area (Å²) in [6, 6.07) is -10.7. The molecule has 1 saturated heterocycles. The second-order valence-electron chi connectivity index (χ2n) is 20.1. The number of Topliss-reactive ketones (excluding diaryl/α,β-unsaturated/α-hetero) is 2. The Morgan fingerprint density at radius 1 is 0.463 bits per heavy atom. The summed E-state index contributed by atoms with van der Waals surface area (Å²) in [7, 11) is 2.43. The highest BCUT2D eigenvalue weighted by molar-refractivity contribution is 8.76. The van der Waals surface area contributed by atoms with Gasteiger partial charge in [0.15, 0.2) is 11.6 Å². The molecule has 82 heavy (non-hydrogen) atoms. The molecular formula is C52H84N8O20S2. The lowest BCUT2D eigenvalue weighted by atomic mass is 10.0. The zero-order valence-corrected chi connectivity index (χ0v) is 48.1. The number of amides is 6. The molecule has 0 aromatic carbocycles. The summed E-state index contributed by atoms with van der Waals surface area (Å²) in [4.78, 5) is 172. The number of aliphatic carboxylic acids is 6. The van der Waals surface area contributed by atoms with E-state index in [1.165, 1.54) is 28.5 Å². The van der Waals surface area contributed by atoms with Crippen LogP contribution in [-0.2, 0) is 67.1 Å². The standard InChI is InChI=1S/C52H84N8O20S2/c1-31-47(70)37(29-81-82-30-38(55-31)52(79)80)54-28-39(61)32(18-23-40(53)62)56-42(64)24-19-34(49(73)74)58-44(66)26-21-36(51(77)78)60-45(67)27-22-35(50(75)76)59-43(65)25-20-33(48(71)72)57-41(63)16-14-12-10-8-6-4-2-3-5-7-9-11-13-15-17-46(68)69/h31-38,54-55H,2-30H2,1H3,(H2,53,62)(H,56,64)(H,57,63)(H,58,66)(H,59,65)(H,60,67)(H,68,69)(H,71,72)(H,73,74)(H,75,76)(H,77,78)(H,79,80)/t31?,32-,33-,34-,35-,36-,37-,38-/m0/s1. The summed E-state index contributed by atoms with van der Waals surface area (Å²) >= 11 is 0. The Morgan fingerprint density at radius 2 is 0.780 bits per heavy atom. The van der Waals surface area contributed by atoms with E-state index >= 15 is 0 Å². The van der Waals surface area contributed by atoms with Crippen LogP contribution in [0.1, 0.15) is 174 Å². The van der Waals surface area contributed by atoms with Gasteiger partial charge in [-0.25, -0.2) is 19.2 Å². The van der Waals surface area contributed by atoms with Crippen molar-refractivity contribution in [2.24, 2.45) is 5.73 Å². The predicted octanol–water partition coefficient (Wildman–Crippen LogP) is 1.38. The molecule has 0 spiro atoms. The van der Waals surface area contributed by atoms with Crippen LogP contribution in [0.4, 0.5) is 0 Å². The number of primary amides is 1. The zero-order valence-electron chi connectivity index (χ0n) is 46.4. The minimum absolute atomic E-state index is 0.0722. The van der Waals surface area contributed by atoms with E-state index in [2.05, 4.69) is 37.2 Å². The number of carbonyl (C=O) groups excluding carboxylic acids is 8. The molecule has 30 heteroatoms. The number of carboxylic acids is 6. The maximum Gasteiger partial charge on any atom is 0.326 e. The van der Waals surface area contributed by atoms with E-state index in [9.17, 15) is 92.7 Å². The number of unbranched alkanes of at least 4 members (excludes halogenated alkanes) is 13. The molecule has 8 atom stereocenters. The van der Waals surface area contributed by atoms with E-state index in [0.717, 1.165) is 83.5 Å². The van der Waals surface area contributed by atoms with Gasteiger partial charge in [0, 0.05) is 56.5 Å². The molecule has 1 rings (SSSR count). The third-order valence-corrected chi connectivity index (χ3v) is 15.6. The molecule has 0 saturated carbocycles. The molecule has 0 aliphatic carbocycles. The second kappa shape index (κ2) is 42.4. The van der Waals surface area contributed by atoms with Crippen molar-refractivity contribution >= 4 is 104 Å². The first-order chi connectivity index (χ1) is 38.8. The van der Waals surface area contributed by atoms with E-state index in [1.807, 2.05) is 0 Å². The van der Waals surface area contributed by atoms with Crippen LogP contribution in [-0.4, -0.2) is 180 Å². The highest BCUT2D eigenvalue weighted by Gasteiger charge is 2.33. The lowest BCUT2D eigenvalue weighted by Crippen LogP contribution is -2.54. The fourth-order valence-electron chi connectivity index (χ4n) is 8.44. The molecule has 1 heterocycles. The van der Waals surface area contributed by atoms with Gasteiger partial charge in [0.2, 0.25) is 35.4 Å². The Labute approximate surface area is 483 Å². The third kappa shape index (κ3) is 34.8. The molecule has 1 aliphatic heterocycles. The van der Waals surface area contributed by atoms with E-state index in [4.69, 9.17) is 10.8 Å². The van der Waals surface area contributed by atoms with Crippen LogP contribution in [0.15, 0.2) is 0 Å². The van der Waals surface area contributed by atoms with Gasteiger partial charge in [-0.1, -0.05) is 98.6 Å². The maximum absolute atomic E-state index is 13.3. The predicted molar refractivity (Wildman–Crippen MR) is 298 cm³/mol. The average Bonchev–Trinajstić information content (AvgIpc) is 3.57. The minimum Gasteiger partial charge on any atom is -0.481 e. The first-order valence-corrected chi connectivity index (χ1v) is 30.2. The Bertz CT molecular complexity index is 2160. The molecule has 0 bridgehead atoms. The fraction of sp³-hybridized carbons (Fsp3) is 0.731. The van der Waals surface area contributed by atoms with E-state index in [0.29, 0.717) is 6.42 Å². The molecule has 464 valence electrons. The van der Waals surface area contributed by atoms with Crippen molar-refractivity contribution in [2.45, 2.75) is 222 Å². The van der Waals surface area contributed by atoms with Gasteiger partial charge in [-0.15, -0.1) is 0 Å². The van der Waals surface area contributed by atoms with Crippen LogP contribution >= 0.6 is 21.6 Å². The maximum atomic E-state index is 13.3. The Hall–Kier alpha value is -6.40. The SMILES string of the molecule is CC1N[C@H](C(=O)O)CSSC[C@H](NCC(=O)[C@H](CCC(N)=O)NC(=O)CC[C@H](NC(=O)CC[C@H](NC(=O)CC[C@H](NC(=O)CC[C@H](NC(=O)CCCCCCCCCCCCCCCCC(=O)O)C(=O)O)C(=O)O)C(=O)O)C(=O)O)C1=O. The third-order valence-electron chi connectivity index (χ3n) is 13.2. The van der Waals surface area contributed by atoms with Crippen molar-refractivity contribution in [3.63, 3.8) is 0 Å². The van der Waals surface area contributed by atoms with Gasteiger partial charge in [0.05, 0.1) is 24.7 Å². The van der Waals surface area contributed by atoms with E-state index in [-0.39, 0.29) is 43.6 Å². The monoisotopic (exact) mass is 1200 g/mol. The minimum atomic E-state index is -1.73. The molecule has 1 aliphatic rings. The summed E-state index contributed by atoms with van der Waals surface area (Å²) in [6.07, 6.45) is 9.12. The van der Waals surface area contributed by atoms with Crippen molar-refractivity contribution in [1.82, 2.24) is 37.2 Å². The largest absolute Gasteiger partial charge is 0.481 e. The number of carbonyl (C=O) groups is 14. The van der Waals surface area contributed by atoms with Gasteiger partial charge in [0.1, 0.15) is 30.2 Å². The zero-order chi connectivity index (χ0) is 61.6. The molecule has 0 radical (unpaired) electrons. The van der Waals surface area contributed by atoms with Gasteiger partial charge < -0.3 is 63.0 Å². The van der Waals surface area contributed by atoms with Crippen LogP contribution < -0.4 is 43.0 Å². The van der Waals surface area contributed by atoms with Gasteiger partial charge in [-0.05, 0) is 51.9 Å². The average molecular weight is 1210 g/mol. The van der Waals surface area contributed by atoms with Crippen LogP contribution in [0.25, 0.3) is 0 Å². The van der Waals surface area contributed by atoms with Crippen LogP contribution in [0.5, 0.6) is 0 Å². The number of nitrogens with two attached hydrogens (primary N) is 1. The highest BCUT2D eigenvalue weighted by Crippen LogP contribution is 2.25.